The number of ether oxygens (including phenoxy) is 1. The summed E-state index contributed by atoms with van der Waals surface area (Å²) in [6.45, 7) is 1.85. The van der Waals surface area contributed by atoms with E-state index in [4.69, 9.17) is 10.6 Å². The SMILES string of the molecule is NNC(CC1CCOC1)C1=CCCCCCC1. The monoisotopic (exact) mass is 238 g/mol. The van der Waals surface area contributed by atoms with Gasteiger partial charge >= 0.3 is 0 Å². The predicted octanol–water partition coefficient (Wildman–Crippen LogP) is 2.53. The molecule has 0 spiro atoms. The molecule has 0 aromatic rings. The van der Waals surface area contributed by atoms with Crippen LogP contribution in [0, 0.1) is 5.92 Å². The number of allylic oxidation sites excluding steroid dienone is 1. The van der Waals surface area contributed by atoms with Crippen LogP contribution in [0.4, 0.5) is 0 Å². The second kappa shape index (κ2) is 7.14. The largest absolute Gasteiger partial charge is 0.381 e. The lowest BCUT2D eigenvalue weighted by molar-refractivity contribution is 0.182. The van der Waals surface area contributed by atoms with Crippen LogP contribution in [-0.2, 0) is 4.74 Å². The van der Waals surface area contributed by atoms with Crippen LogP contribution in [0.1, 0.15) is 51.4 Å². The molecule has 1 heterocycles. The van der Waals surface area contributed by atoms with Crippen LogP contribution in [0.2, 0.25) is 0 Å². The van der Waals surface area contributed by atoms with E-state index in [1.54, 1.807) is 5.57 Å². The predicted molar refractivity (Wildman–Crippen MR) is 70.4 cm³/mol. The molecule has 1 aliphatic heterocycles. The van der Waals surface area contributed by atoms with E-state index in [2.05, 4.69) is 11.5 Å². The van der Waals surface area contributed by atoms with Gasteiger partial charge in [0.1, 0.15) is 0 Å². The molecule has 0 aromatic heterocycles. The first-order valence-electron chi connectivity index (χ1n) is 7.13. The van der Waals surface area contributed by atoms with Gasteiger partial charge in [0.05, 0.1) is 0 Å². The van der Waals surface area contributed by atoms with Gasteiger partial charge in [-0.2, -0.15) is 0 Å². The van der Waals surface area contributed by atoms with Crippen LogP contribution in [0.5, 0.6) is 0 Å². The summed E-state index contributed by atoms with van der Waals surface area (Å²) in [5.41, 5.74) is 4.56. The smallest absolute Gasteiger partial charge is 0.0495 e. The quantitative estimate of drug-likeness (QED) is 0.449. The van der Waals surface area contributed by atoms with Crippen molar-refractivity contribution < 1.29 is 4.74 Å². The molecule has 1 fully saturated rings. The zero-order valence-corrected chi connectivity index (χ0v) is 10.8. The average molecular weight is 238 g/mol. The van der Waals surface area contributed by atoms with E-state index < -0.39 is 0 Å². The van der Waals surface area contributed by atoms with Crippen molar-refractivity contribution >= 4 is 0 Å². The average Bonchev–Trinajstić information content (AvgIpc) is 2.79. The summed E-state index contributed by atoms with van der Waals surface area (Å²) >= 11 is 0. The standard InChI is InChI=1S/C14H26N2O/c15-16-14(10-12-8-9-17-11-12)13-6-4-2-1-3-5-7-13/h6,12,14,16H,1-5,7-11,15H2. The van der Waals surface area contributed by atoms with E-state index in [1.165, 1.54) is 44.9 Å². The molecule has 2 unspecified atom stereocenters. The molecule has 0 saturated carbocycles. The fourth-order valence-electron chi connectivity index (χ4n) is 2.96. The van der Waals surface area contributed by atoms with Gasteiger partial charge in [-0.3, -0.25) is 11.3 Å². The van der Waals surface area contributed by atoms with E-state index in [0.717, 1.165) is 19.6 Å². The van der Waals surface area contributed by atoms with Gasteiger partial charge in [-0.05, 0) is 44.4 Å². The summed E-state index contributed by atoms with van der Waals surface area (Å²) in [6.07, 6.45) is 12.7. The Hall–Kier alpha value is -0.380. The Kier molecular flexibility index (Phi) is 5.49. The molecule has 1 saturated heterocycles. The third-order valence-corrected chi connectivity index (χ3v) is 4.07. The summed E-state index contributed by atoms with van der Waals surface area (Å²) in [4.78, 5) is 0. The minimum atomic E-state index is 0.375. The van der Waals surface area contributed by atoms with E-state index in [-0.39, 0.29) is 0 Å². The van der Waals surface area contributed by atoms with Crippen LogP contribution >= 0.6 is 0 Å². The lowest BCUT2D eigenvalue weighted by Gasteiger charge is -2.23. The molecule has 98 valence electrons. The van der Waals surface area contributed by atoms with Crippen molar-refractivity contribution in [3.63, 3.8) is 0 Å². The van der Waals surface area contributed by atoms with Crippen LogP contribution in [0.3, 0.4) is 0 Å². The molecular weight excluding hydrogens is 212 g/mol. The highest BCUT2D eigenvalue weighted by Crippen LogP contribution is 2.25. The molecule has 2 atom stereocenters. The summed E-state index contributed by atoms with van der Waals surface area (Å²) in [7, 11) is 0. The van der Waals surface area contributed by atoms with Crippen LogP contribution in [0.25, 0.3) is 0 Å². The van der Waals surface area contributed by atoms with Crippen molar-refractivity contribution in [3.05, 3.63) is 11.6 Å². The number of nitrogens with one attached hydrogen (secondary N) is 1. The lowest BCUT2D eigenvalue weighted by Crippen LogP contribution is -2.38. The first-order valence-corrected chi connectivity index (χ1v) is 7.13. The van der Waals surface area contributed by atoms with Gasteiger partial charge in [0.2, 0.25) is 0 Å². The molecule has 3 N–H and O–H groups in total. The number of nitrogens with two attached hydrogens (primary N) is 1. The molecule has 3 heteroatoms. The molecule has 2 rings (SSSR count). The van der Waals surface area contributed by atoms with Gasteiger partial charge in [-0.15, -0.1) is 0 Å². The Morgan fingerprint density at radius 2 is 2.24 bits per heavy atom. The van der Waals surface area contributed by atoms with Crippen molar-refractivity contribution in [3.8, 4) is 0 Å². The third-order valence-electron chi connectivity index (χ3n) is 4.07. The minimum Gasteiger partial charge on any atom is -0.381 e. The third kappa shape index (κ3) is 4.09. The van der Waals surface area contributed by atoms with E-state index in [9.17, 15) is 0 Å². The molecule has 0 radical (unpaired) electrons. The number of hydrogen-bond donors (Lipinski definition) is 2. The van der Waals surface area contributed by atoms with Crippen molar-refractivity contribution in [2.45, 2.75) is 57.4 Å². The van der Waals surface area contributed by atoms with Crippen LogP contribution in [-0.4, -0.2) is 19.3 Å². The van der Waals surface area contributed by atoms with Crippen molar-refractivity contribution in [2.75, 3.05) is 13.2 Å². The number of hydrazine groups is 1. The molecule has 2 aliphatic rings. The van der Waals surface area contributed by atoms with Crippen molar-refractivity contribution in [1.82, 2.24) is 5.43 Å². The normalized spacial score (nSPS) is 28.3. The summed E-state index contributed by atoms with van der Waals surface area (Å²) in [6, 6.07) is 0.375. The zero-order chi connectivity index (χ0) is 11.9. The Morgan fingerprint density at radius 1 is 1.35 bits per heavy atom. The fourth-order valence-corrected chi connectivity index (χ4v) is 2.96. The maximum absolute atomic E-state index is 5.74. The Morgan fingerprint density at radius 3 is 3.00 bits per heavy atom. The highest BCUT2D eigenvalue weighted by molar-refractivity contribution is 5.11. The lowest BCUT2D eigenvalue weighted by atomic mass is 9.89. The van der Waals surface area contributed by atoms with Crippen LogP contribution < -0.4 is 11.3 Å². The second-order valence-corrected chi connectivity index (χ2v) is 5.42. The maximum Gasteiger partial charge on any atom is 0.0495 e. The molecule has 1 aliphatic carbocycles. The van der Waals surface area contributed by atoms with Gasteiger partial charge in [-0.1, -0.05) is 24.5 Å². The maximum atomic E-state index is 5.74. The van der Waals surface area contributed by atoms with Gasteiger partial charge in [0.15, 0.2) is 0 Å². The van der Waals surface area contributed by atoms with E-state index in [0.29, 0.717) is 12.0 Å². The summed E-state index contributed by atoms with van der Waals surface area (Å²) < 4.78 is 5.45. The van der Waals surface area contributed by atoms with Gasteiger partial charge in [-0.25, -0.2) is 0 Å². The minimum absolute atomic E-state index is 0.375. The molecular formula is C14H26N2O. The molecule has 3 nitrogen and oxygen atoms in total. The Bertz CT molecular complexity index is 247. The Labute approximate surface area is 105 Å². The highest BCUT2D eigenvalue weighted by Gasteiger charge is 2.22. The van der Waals surface area contributed by atoms with E-state index >= 15 is 0 Å². The molecule has 0 amide bonds. The van der Waals surface area contributed by atoms with E-state index in [1.807, 2.05) is 0 Å². The number of rotatable bonds is 4. The summed E-state index contributed by atoms with van der Waals surface area (Å²) in [5, 5.41) is 0. The number of hydrogen-bond acceptors (Lipinski definition) is 3. The zero-order valence-electron chi connectivity index (χ0n) is 10.8. The first kappa shape index (κ1) is 13.1. The van der Waals surface area contributed by atoms with Gasteiger partial charge in [0.25, 0.3) is 0 Å². The van der Waals surface area contributed by atoms with Crippen molar-refractivity contribution in [1.29, 1.82) is 0 Å². The summed E-state index contributed by atoms with van der Waals surface area (Å²) in [5.74, 6) is 6.44. The molecule has 0 aromatic carbocycles. The molecule has 0 bridgehead atoms. The highest BCUT2D eigenvalue weighted by atomic mass is 16.5. The topological polar surface area (TPSA) is 47.3 Å². The van der Waals surface area contributed by atoms with Gasteiger partial charge < -0.3 is 4.74 Å². The fraction of sp³-hybridized carbons (Fsp3) is 0.857. The Balaban J connectivity index is 1.89. The van der Waals surface area contributed by atoms with Crippen LogP contribution in [0.15, 0.2) is 11.6 Å². The molecule has 17 heavy (non-hydrogen) atoms. The second-order valence-electron chi connectivity index (χ2n) is 5.42. The van der Waals surface area contributed by atoms with Gasteiger partial charge in [0, 0.05) is 19.3 Å². The first-order chi connectivity index (χ1) is 8.40. The van der Waals surface area contributed by atoms with Crippen molar-refractivity contribution in [2.24, 2.45) is 11.8 Å².